The van der Waals surface area contributed by atoms with Gasteiger partial charge in [-0.25, -0.2) is 5.01 Å². The molecule has 1 saturated carbocycles. The molecule has 1 aliphatic carbocycles. The van der Waals surface area contributed by atoms with E-state index in [0.717, 1.165) is 51.6 Å². The minimum absolute atomic E-state index is 0.0326. The maximum absolute atomic E-state index is 12.8. The molecule has 4 heterocycles. The molecule has 5 fully saturated rings. The maximum atomic E-state index is 12.8. The Hall–Kier alpha value is -1.26. The fourth-order valence-electron chi connectivity index (χ4n) is 7.10. The second-order valence-corrected chi connectivity index (χ2v) is 11.4. The third-order valence-corrected chi connectivity index (χ3v) is 8.92. The van der Waals surface area contributed by atoms with Crippen LogP contribution in [0.4, 0.5) is 0 Å². The van der Waals surface area contributed by atoms with Crippen LogP contribution in [0.5, 0.6) is 0 Å². The molecule has 5 rings (SSSR count). The second-order valence-electron chi connectivity index (χ2n) is 11.4. The van der Waals surface area contributed by atoms with E-state index in [2.05, 4.69) is 31.7 Å². The Balaban J connectivity index is 1.24. The minimum atomic E-state index is -0.150. The number of nitrogens with zero attached hydrogens (tertiary/aromatic N) is 2. The van der Waals surface area contributed by atoms with Crippen molar-refractivity contribution in [2.45, 2.75) is 82.6 Å². The first-order valence-electron chi connectivity index (χ1n) is 13.8. The van der Waals surface area contributed by atoms with Crippen LogP contribution >= 0.6 is 0 Å². The van der Waals surface area contributed by atoms with Gasteiger partial charge in [-0.15, -0.1) is 0 Å². The molecule has 192 valence electrons. The Kier molecular flexibility index (Phi) is 8.05. The molecule has 4 saturated heterocycles. The van der Waals surface area contributed by atoms with Crippen LogP contribution in [0.1, 0.15) is 58.3 Å². The van der Waals surface area contributed by atoms with Gasteiger partial charge >= 0.3 is 0 Å². The second kappa shape index (κ2) is 11.2. The number of amides is 2. The van der Waals surface area contributed by atoms with Crippen molar-refractivity contribution in [2.75, 3.05) is 45.8 Å². The Morgan fingerprint density at radius 3 is 2.59 bits per heavy atom. The van der Waals surface area contributed by atoms with Gasteiger partial charge in [0.2, 0.25) is 11.8 Å². The standard InChI is InChI=1S/C25H45N7O2/c1-17(33)27-13-23(34)31-15-20-22(16-31)28-25(19-7-3-2-4-8-19)29-24(20)21-9-11-32(30-21)14-18-6-5-10-26-12-18/h18-22,24-26,28-30H,2-16H2,1H3,(H,27,33). The molecule has 9 nitrogen and oxygen atoms in total. The SMILES string of the molecule is CC(=O)NCC(=O)N1CC2NC(C3CCCCC3)NC(C3CCN(CC4CCCNC4)N3)C2C1. The van der Waals surface area contributed by atoms with Gasteiger partial charge in [-0.05, 0) is 57.0 Å². The summed E-state index contributed by atoms with van der Waals surface area (Å²) in [7, 11) is 0. The lowest BCUT2D eigenvalue weighted by molar-refractivity contribution is -0.131. The van der Waals surface area contributed by atoms with Crippen molar-refractivity contribution >= 4 is 11.8 Å². The average Bonchev–Trinajstić information content (AvgIpc) is 3.50. The first kappa shape index (κ1) is 24.4. The van der Waals surface area contributed by atoms with E-state index >= 15 is 0 Å². The number of hydrogen-bond donors (Lipinski definition) is 5. The zero-order chi connectivity index (χ0) is 23.5. The molecule has 0 bridgehead atoms. The number of likely N-dealkylation sites (tertiary alicyclic amines) is 1. The summed E-state index contributed by atoms with van der Waals surface area (Å²) in [5.41, 5.74) is 3.88. The molecule has 5 N–H and O–H groups in total. The fraction of sp³-hybridized carbons (Fsp3) is 0.920. The van der Waals surface area contributed by atoms with E-state index in [-0.39, 0.29) is 18.4 Å². The van der Waals surface area contributed by atoms with E-state index in [0.29, 0.717) is 36.1 Å². The van der Waals surface area contributed by atoms with Crippen LogP contribution in [-0.2, 0) is 9.59 Å². The van der Waals surface area contributed by atoms with E-state index in [1.807, 2.05) is 4.90 Å². The summed E-state index contributed by atoms with van der Waals surface area (Å²) < 4.78 is 0. The van der Waals surface area contributed by atoms with Gasteiger partial charge in [0.05, 0.1) is 12.7 Å². The highest BCUT2D eigenvalue weighted by Crippen LogP contribution is 2.33. The van der Waals surface area contributed by atoms with Gasteiger partial charge in [0, 0.05) is 57.1 Å². The Bertz CT molecular complexity index is 709. The number of rotatable bonds is 6. The van der Waals surface area contributed by atoms with Crippen molar-refractivity contribution in [3.05, 3.63) is 0 Å². The number of hydrogen-bond acceptors (Lipinski definition) is 7. The van der Waals surface area contributed by atoms with E-state index in [1.54, 1.807) is 0 Å². The van der Waals surface area contributed by atoms with Gasteiger partial charge in [0.15, 0.2) is 0 Å². The average molecular weight is 476 g/mol. The van der Waals surface area contributed by atoms with Gasteiger partial charge in [-0.2, -0.15) is 0 Å². The summed E-state index contributed by atoms with van der Waals surface area (Å²) in [5.74, 6) is 1.67. The lowest BCUT2D eigenvalue weighted by Gasteiger charge is -2.46. The molecule has 0 aromatic carbocycles. The monoisotopic (exact) mass is 475 g/mol. The van der Waals surface area contributed by atoms with Crippen molar-refractivity contribution in [3.8, 4) is 0 Å². The molecule has 0 aromatic rings. The van der Waals surface area contributed by atoms with Crippen LogP contribution in [0.25, 0.3) is 0 Å². The van der Waals surface area contributed by atoms with E-state index in [1.165, 1.54) is 51.9 Å². The topological polar surface area (TPSA) is 101 Å². The normalized spacial score (nSPS) is 37.5. The predicted molar refractivity (Wildman–Crippen MR) is 132 cm³/mol. The number of fused-ring (bicyclic) bond motifs is 1. The molecule has 6 unspecified atom stereocenters. The van der Waals surface area contributed by atoms with Crippen LogP contribution < -0.4 is 26.7 Å². The minimum Gasteiger partial charge on any atom is -0.347 e. The molecular formula is C25H45N7O2. The molecule has 9 heteroatoms. The predicted octanol–water partition coefficient (Wildman–Crippen LogP) is -0.00420. The quantitative estimate of drug-likeness (QED) is 0.369. The molecule has 5 aliphatic rings. The molecule has 0 radical (unpaired) electrons. The van der Waals surface area contributed by atoms with Gasteiger partial charge in [0.25, 0.3) is 0 Å². The third kappa shape index (κ3) is 5.75. The highest BCUT2D eigenvalue weighted by atomic mass is 16.2. The van der Waals surface area contributed by atoms with Crippen LogP contribution in [-0.4, -0.2) is 91.8 Å². The molecule has 6 atom stereocenters. The zero-order valence-corrected chi connectivity index (χ0v) is 20.9. The zero-order valence-electron chi connectivity index (χ0n) is 20.9. The van der Waals surface area contributed by atoms with Crippen molar-refractivity contribution in [3.63, 3.8) is 0 Å². The fourth-order valence-corrected chi connectivity index (χ4v) is 7.10. The number of piperidine rings is 1. The van der Waals surface area contributed by atoms with Gasteiger partial charge < -0.3 is 15.5 Å². The Morgan fingerprint density at radius 2 is 1.82 bits per heavy atom. The van der Waals surface area contributed by atoms with Crippen LogP contribution in [0.3, 0.4) is 0 Å². The lowest BCUT2D eigenvalue weighted by Crippen LogP contribution is -2.69. The Labute approximate surface area is 204 Å². The summed E-state index contributed by atoms with van der Waals surface area (Å²) in [4.78, 5) is 26.1. The molecular weight excluding hydrogens is 430 g/mol. The highest BCUT2D eigenvalue weighted by molar-refractivity contribution is 5.83. The van der Waals surface area contributed by atoms with Crippen LogP contribution in [0.15, 0.2) is 0 Å². The Morgan fingerprint density at radius 1 is 0.971 bits per heavy atom. The van der Waals surface area contributed by atoms with Crippen molar-refractivity contribution in [2.24, 2.45) is 17.8 Å². The molecule has 2 amide bonds. The molecule has 34 heavy (non-hydrogen) atoms. The van der Waals surface area contributed by atoms with E-state index in [9.17, 15) is 9.59 Å². The molecule has 4 aliphatic heterocycles. The number of nitrogens with one attached hydrogen (secondary N) is 5. The van der Waals surface area contributed by atoms with E-state index in [4.69, 9.17) is 0 Å². The first-order chi connectivity index (χ1) is 16.6. The van der Waals surface area contributed by atoms with Crippen molar-refractivity contribution in [1.82, 2.24) is 36.6 Å². The molecule has 0 spiro atoms. The summed E-state index contributed by atoms with van der Waals surface area (Å²) in [6.45, 7) is 7.59. The third-order valence-electron chi connectivity index (χ3n) is 8.92. The van der Waals surface area contributed by atoms with Gasteiger partial charge in [-0.1, -0.05) is 19.3 Å². The summed E-state index contributed by atoms with van der Waals surface area (Å²) in [6.07, 6.45) is 10.7. The number of carbonyl (C=O) groups excluding carboxylic acids is 2. The van der Waals surface area contributed by atoms with Gasteiger partial charge in [-0.3, -0.25) is 25.6 Å². The first-order valence-corrected chi connectivity index (χ1v) is 13.8. The summed E-state index contributed by atoms with van der Waals surface area (Å²) in [5, 5.41) is 16.7. The highest BCUT2D eigenvalue weighted by Gasteiger charge is 2.49. The number of carbonyl (C=O) groups is 2. The van der Waals surface area contributed by atoms with Crippen molar-refractivity contribution in [1.29, 1.82) is 0 Å². The largest absolute Gasteiger partial charge is 0.347 e. The number of hydrazine groups is 1. The van der Waals surface area contributed by atoms with Crippen molar-refractivity contribution < 1.29 is 9.59 Å². The lowest BCUT2D eigenvalue weighted by atomic mass is 9.81. The maximum Gasteiger partial charge on any atom is 0.242 e. The molecule has 0 aromatic heterocycles. The summed E-state index contributed by atoms with van der Waals surface area (Å²) >= 11 is 0. The van der Waals surface area contributed by atoms with Gasteiger partial charge in [0.1, 0.15) is 0 Å². The summed E-state index contributed by atoms with van der Waals surface area (Å²) in [6, 6.07) is 1.08. The smallest absolute Gasteiger partial charge is 0.242 e. The van der Waals surface area contributed by atoms with Crippen LogP contribution in [0.2, 0.25) is 0 Å². The van der Waals surface area contributed by atoms with Crippen LogP contribution in [0, 0.1) is 17.8 Å². The van der Waals surface area contributed by atoms with E-state index < -0.39 is 0 Å².